The summed E-state index contributed by atoms with van der Waals surface area (Å²) in [5.41, 5.74) is 11.7. The van der Waals surface area contributed by atoms with E-state index in [1.54, 1.807) is 29.6 Å². The molecule has 4 rings (SSSR count). The highest BCUT2D eigenvalue weighted by Gasteiger charge is 2.20. The van der Waals surface area contributed by atoms with E-state index in [-0.39, 0.29) is 41.3 Å². The smallest absolute Gasteiger partial charge is 0.275 e. The van der Waals surface area contributed by atoms with Gasteiger partial charge in [0.2, 0.25) is 5.95 Å². The van der Waals surface area contributed by atoms with Crippen LogP contribution < -0.4 is 16.8 Å². The predicted octanol–water partition coefficient (Wildman–Crippen LogP) is 4.30. The number of amides is 1. The minimum atomic E-state index is -0.891. The fraction of sp³-hybridized carbons (Fsp3) is 0.448. The lowest BCUT2D eigenvalue weighted by atomic mass is 9.89. The summed E-state index contributed by atoms with van der Waals surface area (Å²) in [6.45, 7) is 6.10. The molecule has 1 saturated carbocycles. The summed E-state index contributed by atoms with van der Waals surface area (Å²) < 4.78 is 34.7. The molecule has 11 nitrogen and oxygen atoms in total. The van der Waals surface area contributed by atoms with E-state index in [4.69, 9.17) is 16.2 Å². The van der Waals surface area contributed by atoms with Crippen molar-refractivity contribution in [3.63, 3.8) is 0 Å². The summed E-state index contributed by atoms with van der Waals surface area (Å²) in [4.78, 5) is 35.5. The second-order valence-electron chi connectivity index (χ2n) is 11.1. The van der Waals surface area contributed by atoms with Crippen LogP contribution in [-0.4, -0.2) is 57.3 Å². The molecule has 1 unspecified atom stereocenters. The third-order valence-electron chi connectivity index (χ3n) is 6.62. The van der Waals surface area contributed by atoms with Gasteiger partial charge in [0.1, 0.15) is 29.4 Å². The van der Waals surface area contributed by atoms with Crippen molar-refractivity contribution in [2.75, 3.05) is 7.11 Å². The lowest BCUT2D eigenvalue weighted by molar-refractivity contribution is -0.110. The van der Waals surface area contributed by atoms with Crippen molar-refractivity contribution in [3.8, 4) is 10.6 Å². The Morgan fingerprint density at radius 2 is 1.98 bits per heavy atom. The number of hydrogen-bond acceptors (Lipinski definition) is 10. The van der Waals surface area contributed by atoms with Gasteiger partial charge in [-0.3, -0.25) is 9.79 Å². The van der Waals surface area contributed by atoms with Gasteiger partial charge in [-0.25, -0.2) is 19.0 Å². The number of aliphatic imine (C=N–C) groups is 1. The van der Waals surface area contributed by atoms with Crippen LogP contribution in [0, 0.1) is 17.2 Å². The molecule has 43 heavy (non-hydrogen) atoms. The van der Waals surface area contributed by atoms with Crippen LogP contribution in [0.15, 0.2) is 40.6 Å². The van der Waals surface area contributed by atoms with Gasteiger partial charge in [0, 0.05) is 30.5 Å². The molecule has 1 aliphatic carbocycles. The SMILES string of the molecule is CC(C)(C)C(N)C=O.COCn1cc(-c2nc(C(=O)N/C(C=NC3CCCCC3)=C(/N)c3nc(F)ccc3F)cs2)cn1. The number of halogens is 2. The average Bonchev–Trinajstić information content (AvgIpc) is 3.66. The summed E-state index contributed by atoms with van der Waals surface area (Å²) in [7, 11) is 1.56. The summed E-state index contributed by atoms with van der Waals surface area (Å²) in [6.07, 6.45) is 10.7. The van der Waals surface area contributed by atoms with Crippen molar-refractivity contribution < 1.29 is 23.1 Å². The standard InChI is InChI=1S/C23H25F2N7O2S.C6H13NO/c1-34-13-32-11-14(9-28-32)23-30-18(12-35-23)22(33)29-17(10-27-15-5-3-2-4-6-15)20(26)21-16(24)7-8-19(25)31-21;1-6(2,3)5(7)4-8/h7-12,15H,2-6,13,26H2,1H3,(H,29,33);4-5H,7H2,1-3H3/b20-17+,27-10?;. The van der Waals surface area contributed by atoms with E-state index in [0.717, 1.165) is 56.1 Å². The fourth-order valence-corrected chi connectivity index (χ4v) is 4.67. The monoisotopic (exact) mass is 616 g/mol. The highest BCUT2D eigenvalue weighted by Crippen LogP contribution is 2.24. The molecule has 1 atom stereocenters. The lowest BCUT2D eigenvalue weighted by Gasteiger charge is -2.20. The molecule has 0 aliphatic heterocycles. The molecule has 3 heterocycles. The van der Waals surface area contributed by atoms with Crippen LogP contribution in [0.5, 0.6) is 0 Å². The lowest BCUT2D eigenvalue weighted by Crippen LogP contribution is -2.36. The second kappa shape index (κ2) is 15.5. The quantitative estimate of drug-likeness (QED) is 0.182. The second-order valence-corrected chi connectivity index (χ2v) is 11.9. The number of aromatic nitrogens is 4. The van der Waals surface area contributed by atoms with Crippen molar-refractivity contribution in [2.45, 2.75) is 71.7 Å². The van der Waals surface area contributed by atoms with E-state index in [1.165, 1.54) is 17.6 Å². The summed E-state index contributed by atoms with van der Waals surface area (Å²) in [5, 5.41) is 8.99. The molecule has 1 amide bonds. The van der Waals surface area contributed by atoms with Crippen molar-refractivity contribution in [1.82, 2.24) is 25.1 Å². The summed E-state index contributed by atoms with van der Waals surface area (Å²) >= 11 is 1.27. The number of nitrogens with one attached hydrogen (secondary N) is 1. The van der Waals surface area contributed by atoms with Crippen molar-refractivity contribution in [3.05, 3.63) is 58.8 Å². The van der Waals surface area contributed by atoms with E-state index < -0.39 is 23.4 Å². The maximum atomic E-state index is 14.4. The number of nitrogens with zero attached hydrogens (tertiary/aromatic N) is 5. The van der Waals surface area contributed by atoms with Crippen LogP contribution in [0.4, 0.5) is 8.78 Å². The Bertz CT molecular complexity index is 1440. The van der Waals surface area contributed by atoms with E-state index in [0.29, 0.717) is 5.01 Å². The van der Waals surface area contributed by atoms with Crippen LogP contribution in [0.2, 0.25) is 0 Å². The Morgan fingerprint density at radius 1 is 1.26 bits per heavy atom. The number of hydrogen-bond donors (Lipinski definition) is 3. The van der Waals surface area contributed by atoms with Crippen LogP contribution in [0.25, 0.3) is 16.3 Å². The maximum absolute atomic E-state index is 14.4. The third kappa shape index (κ3) is 9.83. The predicted molar refractivity (Wildman–Crippen MR) is 162 cm³/mol. The zero-order valence-electron chi connectivity index (χ0n) is 24.7. The number of pyridine rings is 1. The topological polar surface area (TPSA) is 163 Å². The highest BCUT2D eigenvalue weighted by atomic mass is 32.1. The number of carbonyl (C=O) groups excluding carboxylic acids is 2. The third-order valence-corrected chi connectivity index (χ3v) is 7.51. The molecule has 1 fully saturated rings. The minimum absolute atomic E-state index is 0.0278. The van der Waals surface area contributed by atoms with E-state index in [9.17, 15) is 18.4 Å². The first-order valence-corrected chi connectivity index (χ1v) is 14.7. The van der Waals surface area contributed by atoms with Gasteiger partial charge in [-0.05, 0) is 30.4 Å². The Kier molecular flexibility index (Phi) is 12.2. The Balaban J connectivity index is 0.000000557. The van der Waals surface area contributed by atoms with E-state index >= 15 is 0 Å². The molecule has 0 aromatic carbocycles. The van der Waals surface area contributed by atoms with Crippen LogP contribution in [0.1, 0.15) is 69.1 Å². The normalized spacial score (nSPS) is 15.4. The molecule has 0 saturated heterocycles. The highest BCUT2D eigenvalue weighted by molar-refractivity contribution is 7.13. The van der Waals surface area contributed by atoms with Gasteiger partial charge in [-0.15, -0.1) is 11.3 Å². The summed E-state index contributed by atoms with van der Waals surface area (Å²) in [6, 6.07) is 1.57. The number of rotatable bonds is 9. The van der Waals surface area contributed by atoms with E-state index in [1.807, 2.05) is 20.8 Å². The van der Waals surface area contributed by atoms with Gasteiger partial charge in [-0.2, -0.15) is 9.49 Å². The molecule has 0 spiro atoms. The Labute approximate surface area is 253 Å². The number of carbonyl (C=O) groups is 2. The largest absolute Gasteiger partial charge is 0.395 e. The van der Waals surface area contributed by atoms with Gasteiger partial charge in [0.25, 0.3) is 5.91 Å². The first-order valence-electron chi connectivity index (χ1n) is 13.8. The number of ether oxygens (including phenoxy) is 1. The zero-order chi connectivity index (χ0) is 31.6. The first kappa shape index (κ1) is 33.6. The number of aldehydes is 1. The molecule has 1 aliphatic rings. The molecular weight excluding hydrogens is 578 g/mol. The number of nitrogens with two attached hydrogens (primary N) is 2. The van der Waals surface area contributed by atoms with Crippen LogP contribution in [0.3, 0.4) is 0 Å². The average molecular weight is 617 g/mol. The van der Waals surface area contributed by atoms with Crippen LogP contribution >= 0.6 is 11.3 Å². The number of allylic oxidation sites excluding steroid dienone is 1. The fourth-order valence-electron chi connectivity index (χ4n) is 3.89. The zero-order valence-corrected chi connectivity index (χ0v) is 25.5. The maximum Gasteiger partial charge on any atom is 0.275 e. The molecule has 3 aromatic rings. The molecule has 0 radical (unpaired) electrons. The van der Waals surface area contributed by atoms with Crippen molar-refractivity contribution >= 4 is 35.4 Å². The van der Waals surface area contributed by atoms with Crippen molar-refractivity contribution in [2.24, 2.45) is 21.9 Å². The first-order chi connectivity index (χ1) is 20.4. The Morgan fingerprint density at radius 3 is 2.60 bits per heavy atom. The number of thiazole rings is 1. The molecule has 232 valence electrons. The van der Waals surface area contributed by atoms with Gasteiger partial charge in [-0.1, -0.05) is 40.0 Å². The molecule has 0 bridgehead atoms. The minimum Gasteiger partial charge on any atom is -0.395 e. The van der Waals surface area contributed by atoms with Crippen molar-refractivity contribution in [1.29, 1.82) is 0 Å². The number of methoxy groups -OCH3 is 1. The summed E-state index contributed by atoms with van der Waals surface area (Å²) in [5.74, 6) is -2.27. The van der Waals surface area contributed by atoms with E-state index in [2.05, 4.69) is 25.4 Å². The van der Waals surface area contributed by atoms with Gasteiger partial charge in [0.05, 0.1) is 29.7 Å². The van der Waals surface area contributed by atoms with Gasteiger partial charge >= 0.3 is 0 Å². The Hall–Kier alpha value is -3.88. The van der Waals surface area contributed by atoms with Gasteiger partial charge in [0.15, 0.2) is 5.82 Å². The molecular formula is C29H38F2N8O3S. The molecule has 14 heteroatoms. The molecule has 3 aromatic heterocycles. The van der Waals surface area contributed by atoms with Gasteiger partial charge < -0.3 is 26.3 Å². The molecule has 5 N–H and O–H groups in total. The van der Waals surface area contributed by atoms with Crippen LogP contribution in [-0.2, 0) is 16.3 Å².